The fourth-order valence-corrected chi connectivity index (χ4v) is 19.1. The molecule has 1 unspecified atom stereocenters. The number of amides is 5. The minimum absolute atomic E-state index is 0.847. The molecule has 0 aromatic carbocycles. The quantitative estimate of drug-likeness (QED) is 0.0277. The summed E-state index contributed by atoms with van der Waals surface area (Å²) in [7, 11) is 0. The number of ether oxygens (including phenoxy) is 23. The summed E-state index contributed by atoms with van der Waals surface area (Å²) in [5.41, 5.74) is 0. The predicted octanol–water partition coefficient (Wildman–Crippen LogP) is -23.4. The van der Waals surface area contributed by atoms with E-state index < -0.39 is 457 Å². The van der Waals surface area contributed by atoms with Gasteiger partial charge in [-0.15, -0.1) is 0 Å². The van der Waals surface area contributed by atoms with Crippen LogP contribution < -0.4 is 26.6 Å². The molecule has 35 N–H and O–H groups in total. The van der Waals surface area contributed by atoms with E-state index in [9.17, 15) is 177 Å². The zero-order valence-corrected chi connectivity index (χ0v) is 78.9. The lowest BCUT2D eigenvalue weighted by atomic mass is 9.93. The van der Waals surface area contributed by atoms with Gasteiger partial charge in [0.1, 0.15) is 274 Å². The Balaban J connectivity index is 0.994. The van der Waals surface area contributed by atoms with Gasteiger partial charge in [-0.1, -0.05) is 0 Å². The number of carbonyl (C=O) groups excluding carboxylic acids is 5. The third-order valence-corrected chi connectivity index (χ3v) is 27.0. The second-order valence-electron chi connectivity index (χ2n) is 37.3. The molecule has 838 valence electrons. The maximum Gasteiger partial charge on any atom is 0.217 e. The van der Waals surface area contributed by atoms with Gasteiger partial charge in [0.15, 0.2) is 75.5 Å². The molecule has 145 heavy (non-hydrogen) atoms. The second-order valence-corrected chi connectivity index (χ2v) is 37.3. The Kier molecular flexibility index (Phi) is 42.2. The molecule has 12 fully saturated rings. The SMILES string of the molecule is CC(=O)N[C@@H]1[C@H](O[C@@H]2[C@@H](O[C@@H]3[C@H](O)[C@H](O[C@H]4[C@H](O)[C@@H](NC(C)=O)[C@H](O[C@H]5[C@H](O)[C@@H](NC(C)=O)C(O)O[C@@H]5CO)O[C@@H]4CO)O[C@H](CO[C@H]4O[C@H](CO)[C@@H](O)[C@H](O)[C@@H]4O[C@@H]4O[C@H](CO)[C@@H](O)[C@H](O[C@@H]5O[C@@H](C)[C@@H](O)[C@@H](O)[C@@H]5O)[C@H]4NC(C)=O)[C@H]3O[C@@H]3O[C@H](CO)[C@@H](O)[C@H](O)[C@H]3NC(C)=O)O[C@H](CO)[C@@H](O)[C@@H]2O)O[C@H](CO)[C@@H](O[C@@H]2O[C@H](CO)[C@H](O)[C@H](O)[C@H]2O[C@@H]2O[C@@H](C)[C@@H](O)[C@@H](O)[C@@H]2O)[C@@H]1O[C@@H]1O[C@@H](C)[C@@H](O)[C@@H](O)[C@@H]1O. The molecule has 0 aliphatic carbocycles. The summed E-state index contributed by atoms with van der Waals surface area (Å²) >= 11 is 0. The van der Waals surface area contributed by atoms with Crippen molar-refractivity contribution < 1.29 is 286 Å². The van der Waals surface area contributed by atoms with Crippen molar-refractivity contribution in [1.29, 1.82) is 0 Å². The highest BCUT2D eigenvalue weighted by Gasteiger charge is 2.65. The zero-order chi connectivity index (χ0) is 107. The van der Waals surface area contributed by atoms with Crippen molar-refractivity contribution in [1.82, 2.24) is 26.6 Å². The molecular formula is C82H137N5O58. The van der Waals surface area contributed by atoms with Gasteiger partial charge in [0.05, 0.1) is 77.8 Å². The van der Waals surface area contributed by atoms with Crippen molar-refractivity contribution >= 4 is 29.5 Å². The molecule has 12 aliphatic rings. The van der Waals surface area contributed by atoms with Gasteiger partial charge in [0, 0.05) is 34.6 Å². The summed E-state index contributed by atoms with van der Waals surface area (Å²) in [6, 6.07) is -10.2. The predicted molar refractivity (Wildman–Crippen MR) is 449 cm³/mol. The topological polar surface area (TPSA) is 965 Å². The first-order valence-electron chi connectivity index (χ1n) is 46.7. The van der Waals surface area contributed by atoms with Crippen molar-refractivity contribution in [3.63, 3.8) is 0 Å². The van der Waals surface area contributed by atoms with Gasteiger partial charge in [-0.2, -0.15) is 0 Å². The first-order chi connectivity index (χ1) is 68.5. The highest BCUT2D eigenvalue weighted by atomic mass is 16.8. The molecular weight excluding hydrogens is 1980 g/mol. The standard InChI is InChI=1S/C82H137N5O58/c1-18-40(101)51(112)57(118)76(124-18)140-65-38(86-24(7)99)74(129-30(13-92)47(65)108)143-68-54(115)44(105)27(10-89)130-80(68)123-17-34-64(138-72-36(84-22(5)97)48(109)43(104)26(9-88)128-72)67(60(121)79(135-34)137-62-32(15-94)133-73(37(50(62)111)85-23(6)98)136-61-31(14-93)127-71(122)35(49(61)110)83-21(4)96)142-82-69(55(116)45(106)29(12-91)132-82)144-75-39(87-25(8)100)66(141-77-58(119)52(113)41(102)19(2)125-77)63(33(16-95)134-75)139-81-70(56(117)46(107)28(11-90)131-81)145-78-59(120)53(114)42(103)20(3)126-78/h18-20,26-82,88-95,101-122H,9-17H2,1-8H3,(H,83,96)(H,84,97)(H,85,98)(H,86,99)(H,87,100)/t18-,19-,20-,26+,27+,28+,29+,30+,31+,32+,33+,34+,35+,36+,37+,38+,39-,40+,41+,42+,43+,44+,45+,46-,47+,48+,49+,50+,51+,52+,53+,54-,55-,56-,57-,58-,59-,60-,61+,62+,63+,64+,65+,66+,67+,68-,69-,70+,71?,72-,73-,74-,75-,76-,77-,78-,79-,80-,81-,82+/m0/s1. The number of rotatable bonds is 36. The Labute approximate surface area is 822 Å². The first-order valence-corrected chi connectivity index (χ1v) is 46.7. The van der Waals surface area contributed by atoms with Gasteiger partial charge in [-0.05, 0) is 20.8 Å². The van der Waals surface area contributed by atoms with Crippen LogP contribution in [0.5, 0.6) is 0 Å². The van der Waals surface area contributed by atoms with Crippen molar-refractivity contribution in [2.24, 2.45) is 0 Å². The molecule has 0 spiro atoms. The Hall–Kier alpha value is -4.77. The molecule has 63 heteroatoms. The Morgan fingerprint density at radius 3 is 0.848 bits per heavy atom. The van der Waals surface area contributed by atoms with E-state index >= 15 is 0 Å². The molecule has 0 saturated carbocycles. The summed E-state index contributed by atoms with van der Waals surface area (Å²) in [6.45, 7) is -3.22. The summed E-state index contributed by atoms with van der Waals surface area (Å²) < 4.78 is 143. The van der Waals surface area contributed by atoms with Crippen molar-refractivity contribution in [3.8, 4) is 0 Å². The normalized spacial score (nSPS) is 50.1. The number of aliphatic hydroxyl groups is 30. The van der Waals surface area contributed by atoms with Gasteiger partial charge >= 0.3 is 0 Å². The van der Waals surface area contributed by atoms with E-state index in [0.29, 0.717) is 0 Å². The highest BCUT2D eigenvalue weighted by Crippen LogP contribution is 2.44. The molecule has 12 aliphatic heterocycles. The van der Waals surface area contributed by atoms with Gasteiger partial charge in [0.2, 0.25) is 29.5 Å². The lowest BCUT2D eigenvalue weighted by Gasteiger charge is -2.53. The van der Waals surface area contributed by atoms with Crippen LogP contribution >= 0.6 is 0 Å². The molecule has 0 aromatic heterocycles. The molecule has 60 atom stereocenters. The van der Waals surface area contributed by atoms with Crippen LogP contribution in [0.3, 0.4) is 0 Å². The van der Waals surface area contributed by atoms with E-state index in [2.05, 4.69) is 26.6 Å². The van der Waals surface area contributed by atoms with E-state index in [0.717, 1.165) is 34.6 Å². The van der Waals surface area contributed by atoms with Crippen LogP contribution in [0.1, 0.15) is 55.4 Å². The van der Waals surface area contributed by atoms with E-state index in [1.807, 2.05) is 0 Å². The van der Waals surface area contributed by atoms with Crippen LogP contribution in [0.4, 0.5) is 0 Å². The summed E-state index contributed by atoms with van der Waals surface area (Å²) in [5, 5.41) is 356. The summed E-state index contributed by atoms with van der Waals surface area (Å²) in [5.74, 6) is -5.06. The minimum atomic E-state index is -2.88. The molecule has 63 nitrogen and oxygen atoms in total. The molecule has 12 saturated heterocycles. The summed E-state index contributed by atoms with van der Waals surface area (Å²) in [6.07, 6.45) is -121. The third-order valence-electron chi connectivity index (χ3n) is 27.0. The smallest absolute Gasteiger partial charge is 0.217 e. The fourth-order valence-electron chi connectivity index (χ4n) is 19.1. The first kappa shape index (κ1) is 119. The third kappa shape index (κ3) is 26.2. The monoisotopic (exact) mass is 2120 g/mol. The van der Waals surface area contributed by atoms with Crippen molar-refractivity contribution in [2.45, 2.75) is 424 Å². The van der Waals surface area contributed by atoms with Gasteiger partial charge in [-0.25, -0.2) is 0 Å². The average Bonchev–Trinajstić information content (AvgIpc) is 0.753. The minimum Gasteiger partial charge on any atom is -0.394 e. The molecule has 0 aromatic rings. The lowest BCUT2D eigenvalue weighted by Crippen LogP contribution is -2.72. The number of carbonyl (C=O) groups is 5. The number of hydrogen-bond acceptors (Lipinski definition) is 58. The summed E-state index contributed by atoms with van der Waals surface area (Å²) in [4.78, 5) is 66.6. The molecule has 12 rings (SSSR count). The van der Waals surface area contributed by atoms with Crippen LogP contribution in [-0.2, 0) is 133 Å². The Bertz CT molecular complexity index is 4070. The zero-order valence-electron chi connectivity index (χ0n) is 78.9. The second kappa shape index (κ2) is 51.5. The fraction of sp³-hybridized carbons (Fsp3) is 0.939. The Morgan fingerprint density at radius 2 is 0.441 bits per heavy atom. The molecule has 0 radical (unpaired) electrons. The van der Waals surface area contributed by atoms with E-state index in [-0.39, 0.29) is 0 Å². The molecule has 5 amide bonds. The van der Waals surface area contributed by atoms with Gasteiger partial charge in [-0.3, -0.25) is 24.0 Å². The highest BCUT2D eigenvalue weighted by molar-refractivity contribution is 5.75. The maximum absolute atomic E-state index is 14.1. The van der Waals surface area contributed by atoms with Crippen LogP contribution in [-0.4, -0.2) is 610 Å². The Morgan fingerprint density at radius 1 is 0.193 bits per heavy atom. The molecule has 0 bridgehead atoms. The lowest BCUT2D eigenvalue weighted by molar-refractivity contribution is -0.413. The number of aliphatic hydroxyl groups excluding tert-OH is 30. The number of hydrogen-bond donors (Lipinski definition) is 35. The van der Waals surface area contributed by atoms with Crippen LogP contribution in [0, 0.1) is 0 Å². The average molecular weight is 2120 g/mol. The van der Waals surface area contributed by atoms with E-state index in [1.54, 1.807) is 0 Å². The van der Waals surface area contributed by atoms with E-state index in [1.165, 1.54) is 20.8 Å². The maximum atomic E-state index is 14.1. The van der Waals surface area contributed by atoms with Gasteiger partial charge < -0.3 is 289 Å². The number of nitrogens with one attached hydrogen (secondary N) is 5. The van der Waals surface area contributed by atoms with Crippen molar-refractivity contribution in [3.05, 3.63) is 0 Å². The van der Waals surface area contributed by atoms with Crippen molar-refractivity contribution in [2.75, 3.05) is 59.5 Å². The largest absolute Gasteiger partial charge is 0.394 e. The van der Waals surface area contributed by atoms with E-state index in [4.69, 9.17) is 109 Å². The molecule has 12 heterocycles. The van der Waals surface area contributed by atoms with Crippen LogP contribution in [0.25, 0.3) is 0 Å². The van der Waals surface area contributed by atoms with Gasteiger partial charge in [0.25, 0.3) is 0 Å². The van der Waals surface area contributed by atoms with Crippen LogP contribution in [0.15, 0.2) is 0 Å². The van der Waals surface area contributed by atoms with Crippen LogP contribution in [0.2, 0.25) is 0 Å².